The zero-order valence-electron chi connectivity index (χ0n) is 19.1. The molecule has 2 N–H and O–H groups in total. The number of nitrogens with one attached hydrogen (secondary N) is 2. The van der Waals surface area contributed by atoms with Crippen molar-refractivity contribution in [1.82, 2.24) is 4.31 Å². The number of fused-ring (bicyclic) bond motifs is 1. The SMILES string of the molecule is CCc1cccc(NC(=O)C2CCN(S(=O)(=O)c3cc4c(cc3C)NC(=O)C(C)O4)CC2)c1. The Morgan fingerprint density at radius 2 is 1.94 bits per heavy atom. The zero-order chi connectivity index (χ0) is 23.8. The summed E-state index contributed by atoms with van der Waals surface area (Å²) in [6.07, 6.45) is 1.10. The Balaban J connectivity index is 1.44. The number of rotatable bonds is 5. The van der Waals surface area contributed by atoms with Crippen LogP contribution in [-0.2, 0) is 26.0 Å². The van der Waals surface area contributed by atoms with Crippen LogP contribution in [0.15, 0.2) is 41.3 Å². The number of carbonyl (C=O) groups is 2. The summed E-state index contributed by atoms with van der Waals surface area (Å²) in [6.45, 7) is 5.90. The quantitative estimate of drug-likeness (QED) is 0.696. The van der Waals surface area contributed by atoms with E-state index in [1.807, 2.05) is 24.3 Å². The summed E-state index contributed by atoms with van der Waals surface area (Å²) < 4.78 is 33.7. The molecule has 1 saturated heterocycles. The number of benzene rings is 2. The number of ether oxygens (including phenoxy) is 1. The smallest absolute Gasteiger partial charge is 0.265 e. The molecule has 0 radical (unpaired) electrons. The molecular weight excluding hydrogens is 442 g/mol. The molecule has 8 nitrogen and oxygen atoms in total. The van der Waals surface area contributed by atoms with Crippen LogP contribution >= 0.6 is 0 Å². The molecule has 2 heterocycles. The first-order valence-corrected chi connectivity index (χ1v) is 12.6. The van der Waals surface area contributed by atoms with Crippen molar-refractivity contribution in [2.75, 3.05) is 23.7 Å². The highest BCUT2D eigenvalue weighted by Crippen LogP contribution is 2.36. The van der Waals surface area contributed by atoms with Gasteiger partial charge in [-0.1, -0.05) is 19.1 Å². The second kappa shape index (κ2) is 9.15. The maximum absolute atomic E-state index is 13.4. The molecule has 2 aromatic carbocycles. The van der Waals surface area contributed by atoms with Crippen LogP contribution in [-0.4, -0.2) is 43.7 Å². The third-order valence-corrected chi connectivity index (χ3v) is 8.29. The Morgan fingerprint density at radius 3 is 2.64 bits per heavy atom. The number of sulfonamides is 1. The number of hydrogen-bond donors (Lipinski definition) is 2. The van der Waals surface area contributed by atoms with Gasteiger partial charge in [-0.25, -0.2) is 8.42 Å². The van der Waals surface area contributed by atoms with Crippen molar-refractivity contribution in [1.29, 1.82) is 0 Å². The summed E-state index contributed by atoms with van der Waals surface area (Å²) in [6, 6.07) is 10.9. The van der Waals surface area contributed by atoms with E-state index in [0.29, 0.717) is 29.8 Å². The molecule has 2 aromatic rings. The molecule has 0 bridgehead atoms. The molecule has 1 fully saturated rings. The van der Waals surface area contributed by atoms with Crippen molar-refractivity contribution >= 4 is 33.2 Å². The number of carbonyl (C=O) groups excluding carboxylic acids is 2. The number of amides is 2. The van der Waals surface area contributed by atoms with E-state index in [0.717, 1.165) is 17.7 Å². The largest absolute Gasteiger partial charge is 0.479 e. The molecule has 2 aliphatic rings. The molecule has 1 atom stereocenters. The van der Waals surface area contributed by atoms with Gasteiger partial charge in [-0.3, -0.25) is 9.59 Å². The van der Waals surface area contributed by atoms with Crippen molar-refractivity contribution in [3.05, 3.63) is 47.5 Å². The van der Waals surface area contributed by atoms with E-state index < -0.39 is 16.1 Å². The van der Waals surface area contributed by atoms with E-state index in [9.17, 15) is 18.0 Å². The molecule has 0 aliphatic carbocycles. The molecule has 176 valence electrons. The van der Waals surface area contributed by atoms with E-state index in [-0.39, 0.29) is 35.7 Å². The highest BCUT2D eigenvalue weighted by Gasteiger charge is 2.34. The fourth-order valence-electron chi connectivity index (χ4n) is 4.23. The van der Waals surface area contributed by atoms with Gasteiger partial charge in [0.1, 0.15) is 5.75 Å². The lowest BCUT2D eigenvalue weighted by molar-refractivity contribution is -0.123. The van der Waals surface area contributed by atoms with Gasteiger partial charge in [0.25, 0.3) is 5.91 Å². The second-order valence-electron chi connectivity index (χ2n) is 8.58. The highest BCUT2D eigenvalue weighted by atomic mass is 32.2. The van der Waals surface area contributed by atoms with Gasteiger partial charge in [-0.2, -0.15) is 4.31 Å². The second-order valence-corrected chi connectivity index (χ2v) is 10.5. The van der Waals surface area contributed by atoms with Gasteiger partial charge < -0.3 is 15.4 Å². The van der Waals surface area contributed by atoms with E-state index in [4.69, 9.17) is 4.74 Å². The third-order valence-electron chi connectivity index (χ3n) is 6.25. The van der Waals surface area contributed by atoms with Gasteiger partial charge in [0.15, 0.2) is 6.10 Å². The van der Waals surface area contributed by atoms with Gasteiger partial charge in [-0.15, -0.1) is 0 Å². The van der Waals surface area contributed by atoms with Crippen molar-refractivity contribution in [3.63, 3.8) is 0 Å². The molecule has 0 aromatic heterocycles. The molecular formula is C24H29N3O5S. The number of anilines is 2. The minimum Gasteiger partial charge on any atom is -0.479 e. The lowest BCUT2D eigenvalue weighted by Gasteiger charge is -2.31. The van der Waals surface area contributed by atoms with Crippen LogP contribution < -0.4 is 15.4 Å². The normalized spacial score (nSPS) is 19.4. The van der Waals surface area contributed by atoms with Crippen LogP contribution in [0.25, 0.3) is 0 Å². The summed E-state index contributed by atoms with van der Waals surface area (Å²) in [5.74, 6) is -0.247. The highest BCUT2D eigenvalue weighted by molar-refractivity contribution is 7.89. The first-order valence-electron chi connectivity index (χ1n) is 11.2. The summed E-state index contributed by atoms with van der Waals surface area (Å²) >= 11 is 0. The van der Waals surface area contributed by atoms with Gasteiger partial charge in [0.05, 0.1) is 10.6 Å². The summed E-state index contributed by atoms with van der Waals surface area (Å²) in [5.41, 5.74) is 2.91. The number of nitrogens with zero attached hydrogens (tertiary/aromatic N) is 1. The van der Waals surface area contributed by atoms with E-state index in [2.05, 4.69) is 17.6 Å². The van der Waals surface area contributed by atoms with Crippen LogP contribution in [0.4, 0.5) is 11.4 Å². The Bertz CT molecular complexity index is 1190. The van der Waals surface area contributed by atoms with Crippen molar-refractivity contribution in [3.8, 4) is 5.75 Å². The van der Waals surface area contributed by atoms with Crippen LogP contribution in [0.2, 0.25) is 0 Å². The van der Waals surface area contributed by atoms with Crippen molar-refractivity contribution in [2.24, 2.45) is 5.92 Å². The van der Waals surface area contributed by atoms with Gasteiger partial charge >= 0.3 is 0 Å². The van der Waals surface area contributed by atoms with Gasteiger partial charge in [-0.05, 0) is 62.4 Å². The van der Waals surface area contributed by atoms with E-state index in [1.54, 1.807) is 19.9 Å². The first kappa shape index (κ1) is 23.3. The molecule has 33 heavy (non-hydrogen) atoms. The molecule has 2 amide bonds. The zero-order valence-corrected chi connectivity index (χ0v) is 19.9. The van der Waals surface area contributed by atoms with E-state index in [1.165, 1.54) is 10.4 Å². The van der Waals surface area contributed by atoms with Crippen LogP contribution in [0, 0.1) is 12.8 Å². The fraction of sp³-hybridized carbons (Fsp3) is 0.417. The fourth-order valence-corrected chi connectivity index (χ4v) is 5.92. The topological polar surface area (TPSA) is 105 Å². The predicted octanol–water partition coefficient (Wildman–Crippen LogP) is 3.32. The molecule has 2 aliphatic heterocycles. The minimum absolute atomic E-state index is 0.0802. The molecule has 0 spiro atoms. The molecule has 9 heteroatoms. The predicted molar refractivity (Wildman–Crippen MR) is 126 cm³/mol. The summed E-state index contributed by atoms with van der Waals surface area (Å²) in [5, 5.41) is 5.70. The lowest BCUT2D eigenvalue weighted by Crippen LogP contribution is -2.41. The van der Waals surface area contributed by atoms with Gasteiger partial charge in [0, 0.05) is 30.8 Å². The monoisotopic (exact) mass is 471 g/mol. The molecule has 4 rings (SSSR count). The third kappa shape index (κ3) is 4.74. The number of piperidine rings is 1. The maximum Gasteiger partial charge on any atom is 0.265 e. The van der Waals surface area contributed by atoms with Crippen molar-refractivity contribution in [2.45, 2.75) is 51.0 Å². The summed E-state index contributed by atoms with van der Waals surface area (Å²) in [7, 11) is -3.77. The molecule has 0 saturated carbocycles. The van der Waals surface area contributed by atoms with E-state index >= 15 is 0 Å². The van der Waals surface area contributed by atoms with Crippen molar-refractivity contribution < 1.29 is 22.7 Å². The van der Waals surface area contributed by atoms with Crippen LogP contribution in [0.5, 0.6) is 5.75 Å². The van der Waals surface area contributed by atoms with Gasteiger partial charge in [0.2, 0.25) is 15.9 Å². The van der Waals surface area contributed by atoms with Crippen LogP contribution in [0.3, 0.4) is 0 Å². The Hall–Kier alpha value is -2.91. The average Bonchev–Trinajstić information content (AvgIpc) is 2.80. The average molecular weight is 472 g/mol. The Kier molecular flexibility index (Phi) is 6.45. The number of aryl methyl sites for hydroxylation is 2. The minimum atomic E-state index is -3.77. The van der Waals surface area contributed by atoms with Crippen LogP contribution in [0.1, 0.15) is 37.8 Å². The standard InChI is InChI=1S/C24H29N3O5S/c1-4-17-6-5-7-19(13-17)25-24(29)18-8-10-27(11-9-18)33(30,31)22-14-21-20(12-15(22)2)26-23(28)16(3)32-21/h5-7,12-14,16,18H,4,8-11H2,1-3H3,(H,25,29)(H,26,28). The molecule has 1 unspecified atom stereocenters. The summed E-state index contributed by atoms with van der Waals surface area (Å²) in [4.78, 5) is 24.7. The number of hydrogen-bond acceptors (Lipinski definition) is 5. The lowest BCUT2D eigenvalue weighted by atomic mass is 9.97. The Morgan fingerprint density at radius 1 is 1.21 bits per heavy atom. The Labute approximate surface area is 194 Å². The first-order chi connectivity index (χ1) is 15.7. The maximum atomic E-state index is 13.4.